The maximum Gasteiger partial charge on any atom is 0.0949 e. The molecule has 0 aliphatic heterocycles. The van der Waals surface area contributed by atoms with Gasteiger partial charge in [-0.2, -0.15) is 0 Å². The summed E-state index contributed by atoms with van der Waals surface area (Å²) >= 11 is 0. The highest BCUT2D eigenvalue weighted by atomic mass is 15.0. The van der Waals surface area contributed by atoms with Gasteiger partial charge >= 0.3 is 0 Å². The fourth-order valence-corrected chi connectivity index (χ4v) is 2.36. The van der Waals surface area contributed by atoms with Gasteiger partial charge in [0.05, 0.1) is 12.0 Å². The van der Waals surface area contributed by atoms with Gasteiger partial charge in [-0.15, -0.1) is 0 Å². The van der Waals surface area contributed by atoms with E-state index in [2.05, 4.69) is 53.9 Å². The Balaban J connectivity index is 2.04. The van der Waals surface area contributed by atoms with Crippen LogP contribution in [0.4, 0.5) is 0 Å². The number of benzene rings is 1. The second kappa shape index (κ2) is 5.85. The molecule has 18 heavy (non-hydrogen) atoms. The summed E-state index contributed by atoms with van der Waals surface area (Å²) in [6.07, 6.45) is 6.42. The molecule has 0 aliphatic carbocycles. The van der Waals surface area contributed by atoms with Crippen molar-refractivity contribution in [1.29, 1.82) is 0 Å². The minimum atomic E-state index is 0.680. The third-order valence-electron chi connectivity index (χ3n) is 3.58. The summed E-state index contributed by atoms with van der Waals surface area (Å²) in [5.74, 6) is 0.680. The van der Waals surface area contributed by atoms with Crippen LogP contribution in [-0.2, 0) is 13.0 Å². The zero-order valence-corrected chi connectivity index (χ0v) is 11.6. The first-order valence-corrected chi connectivity index (χ1v) is 6.72. The second-order valence-electron chi connectivity index (χ2n) is 5.12. The highest BCUT2D eigenvalue weighted by molar-refractivity contribution is 5.25. The van der Waals surface area contributed by atoms with Gasteiger partial charge in [-0.3, -0.25) is 0 Å². The van der Waals surface area contributed by atoms with Crippen molar-refractivity contribution in [3.05, 3.63) is 53.6 Å². The molecule has 1 atom stereocenters. The summed E-state index contributed by atoms with van der Waals surface area (Å²) in [7, 11) is 0. The van der Waals surface area contributed by atoms with E-state index in [9.17, 15) is 0 Å². The predicted octanol–water partition coefficient (Wildman–Crippen LogP) is 3.77. The van der Waals surface area contributed by atoms with E-state index in [1.54, 1.807) is 0 Å². The Morgan fingerprint density at radius 2 is 2.00 bits per heavy atom. The lowest BCUT2D eigenvalue weighted by atomic mass is 9.94. The van der Waals surface area contributed by atoms with E-state index >= 15 is 0 Å². The van der Waals surface area contributed by atoms with E-state index in [1.807, 2.05) is 13.3 Å². The van der Waals surface area contributed by atoms with Crippen LogP contribution in [-0.4, -0.2) is 9.55 Å². The molecule has 1 aromatic carbocycles. The van der Waals surface area contributed by atoms with Crippen molar-refractivity contribution in [1.82, 2.24) is 9.55 Å². The Morgan fingerprint density at radius 3 is 2.61 bits per heavy atom. The van der Waals surface area contributed by atoms with Gasteiger partial charge in [0.25, 0.3) is 0 Å². The first-order chi connectivity index (χ1) is 8.69. The summed E-state index contributed by atoms with van der Waals surface area (Å²) in [5, 5.41) is 0. The number of aromatic nitrogens is 2. The van der Waals surface area contributed by atoms with Crippen molar-refractivity contribution in [3.63, 3.8) is 0 Å². The van der Waals surface area contributed by atoms with E-state index in [1.165, 1.54) is 17.5 Å². The van der Waals surface area contributed by atoms with Crippen LogP contribution in [0.15, 0.2) is 36.8 Å². The zero-order chi connectivity index (χ0) is 13.0. The monoisotopic (exact) mass is 242 g/mol. The van der Waals surface area contributed by atoms with Gasteiger partial charge in [0, 0.05) is 12.7 Å². The molecule has 2 heteroatoms. The minimum Gasteiger partial charge on any atom is -0.337 e. The van der Waals surface area contributed by atoms with Crippen LogP contribution in [0.3, 0.4) is 0 Å². The quantitative estimate of drug-likeness (QED) is 0.780. The molecule has 1 aromatic heterocycles. The zero-order valence-electron chi connectivity index (χ0n) is 11.6. The average Bonchev–Trinajstić information content (AvgIpc) is 2.76. The molecule has 0 aliphatic rings. The number of hydrogen-bond donors (Lipinski definition) is 0. The van der Waals surface area contributed by atoms with E-state index < -0.39 is 0 Å². The molecule has 0 saturated heterocycles. The number of hydrogen-bond acceptors (Lipinski definition) is 1. The Bertz CT molecular complexity index is 499. The standard InChI is InChI=1S/C16H22N2/c1-4-15(11-18-10-14(3)17-12-18)9-16-8-6-5-7-13(16)2/h5-8,10,12,15H,4,9,11H2,1-3H3. The van der Waals surface area contributed by atoms with Crippen molar-refractivity contribution in [2.24, 2.45) is 5.92 Å². The predicted molar refractivity (Wildman–Crippen MR) is 75.6 cm³/mol. The topological polar surface area (TPSA) is 17.8 Å². The fraction of sp³-hybridized carbons (Fsp3) is 0.438. The molecule has 2 nitrogen and oxygen atoms in total. The van der Waals surface area contributed by atoms with Gasteiger partial charge < -0.3 is 4.57 Å². The van der Waals surface area contributed by atoms with Gasteiger partial charge in [0.2, 0.25) is 0 Å². The summed E-state index contributed by atoms with van der Waals surface area (Å²) in [6.45, 7) is 7.57. The summed E-state index contributed by atoms with van der Waals surface area (Å²) < 4.78 is 2.21. The van der Waals surface area contributed by atoms with Crippen LogP contribution >= 0.6 is 0 Å². The van der Waals surface area contributed by atoms with E-state index in [4.69, 9.17) is 0 Å². The molecule has 0 N–H and O–H groups in total. The Kier molecular flexibility index (Phi) is 4.19. The second-order valence-corrected chi connectivity index (χ2v) is 5.12. The van der Waals surface area contributed by atoms with Gasteiger partial charge in [0.1, 0.15) is 0 Å². The van der Waals surface area contributed by atoms with Crippen LogP contribution in [0.2, 0.25) is 0 Å². The minimum absolute atomic E-state index is 0.680. The van der Waals surface area contributed by atoms with E-state index in [0.29, 0.717) is 5.92 Å². The molecular formula is C16H22N2. The van der Waals surface area contributed by atoms with Crippen molar-refractivity contribution in [3.8, 4) is 0 Å². The largest absolute Gasteiger partial charge is 0.337 e. The van der Waals surface area contributed by atoms with Gasteiger partial charge in [0.15, 0.2) is 0 Å². The molecule has 2 rings (SSSR count). The molecular weight excluding hydrogens is 220 g/mol. The number of imidazole rings is 1. The average molecular weight is 242 g/mol. The van der Waals surface area contributed by atoms with Crippen LogP contribution in [0.5, 0.6) is 0 Å². The van der Waals surface area contributed by atoms with Crippen molar-refractivity contribution in [2.45, 2.75) is 40.2 Å². The summed E-state index contributed by atoms with van der Waals surface area (Å²) in [4.78, 5) is 4.29. The Morgan fingerprint density at radius 1 is 1.22 bits per heavy atom. The maximum absolute atomic E-state index is 4.29. The molecule has 1 unspecified atom stereocenters. The van der Waals surface area contributed by atoms with Crippen LogP contribution in [0.25, 0.3) is 0 Å². The van der Waals surface area contributed by atoms with Gasteiger partial charge in [-0.05, 0) is 37.3 Å². The molecule has 0 amide bonds. The maximum atomic E-state index is 4.29. The first-order valence-electron chi connectivity index (χ1n) is 6.72. The SMILES string of the molecule is CCC(Cc1ccccc1C)Cn1cnc(C)c1. The smallest absolute Gasteiger partial charge is 0.0949 e. The molecule has 2 aromatic rings. The fourth-order valence-electron chi connectivity index (χ4n) is 2.36. The normalized spacial score (nSPS) is 12.6. The van der Waals surface area contributed by atoms with Crippen molar-refractivity contribution < 1.29 is 0 Å². The highest BCUT2D eigenvalue weighted by Crippen LogP contribution is 2.17. The molecule has 0 radical (unpaired) electrons. The molecule has 0 fully saturated rings. The summed E-state index contributed by atoms with van der Waals surface area (Å²) in [5.41, 5.74) is 3.97. The molecule has 0 spiro atoms. The lowest BCUT2D eigenvalue weighted by Gasteiger charge is -2.16. The van der Waals surface area contributed by atoms with Crippen molar-refractivity contribution in [2.75, 3.05) is 0 Å². The Labute approximate surface area is 110 Å². The number of nitrogens with zero attached hydrogens (tertiary/aromatic N) is 2. The molecule has 0 bridgehead atoms. The Hall–Kier alpha value is -1.57. The van der Waals surface area contributed by atoms with Gasteiger partial charge in [-0.1, -0.05) is 37.6 Å². The van der Waals surface area contributed by atoms with Crippen LogP contribution in [0.1, 0.15) is 30.2 Å². The van der Waals surface area contributed by atoms with E-state index in [0.717, 1.165) is 18.7 Å². The lowest BCUT2D eigenvalue weighted by molar-refractivity contribution is 0.427. The van der Waals surface area contributed by atoms with Crippen LogP contribution in [0, 0.1) is 19.8 Å². The number of rotatable bonds is 5. The number of aryl methyl sites for hydroxylation is 2. The van der Waals surface area contributed by atoms with Gasteiger partial charge in [-0.25, -0.2) is 4.98 Å². The molecule has 96 valence electrons. The highest BCUT2D eigenvalue weighted by Gasteiger charge is 2.10. The lowest BCUT2D eigenvalue weighted by Crippen LogP contribution is -2.12. The molecule has 0 saturated carbocycles. The van der Waals surface area contributed by atoms with Crippen LogP contribution < -0.4 is 0 Å². The third kappa shape index (κ3) is 3.22. The van der Waals surface area contributed by atoms with E-state index in [-0.39, 0.29) is 0 Å². The van der Waals surface area contributed by atoms with Crippen molar-refractivity contribution >= 4 is 0 Å². The molecule has 1 heterocycles. The summed E-state index contributed by atoms with van der Waals surface area (Å²) in [6, 6.07) is 8.69. The first kappa shape index (κ1) is 12.9. The third-order valence-corrected chi connectivity index (χ3v) is 3.58.